The Morgan fingerprint density at radius 2 is 2.09 bits per heavy atom. The molecule has 2 rings (SSSR count). The maximum atomic E-state index is 12.1. The molecule has 1 aromatic rings. The van der Waals surface area contributed by atoms with Crippen LogP contribution in [0.15, 0.2) is 10.9 Å². The molecule has 1 amide bonds. The quantitative estimate of drug-likeness (QED) is 0.739. The molecule has 1 aromatic heterocycles. The van der Waals surface area contributed by atoms with Gasteiger partial charge in [0.2, 0.25) is 0 Å². The Balaban J connectivity index is 1.80. The van der Waals surface area contributed by atoms with Gasteiger partial charge in [0.25, 0.3) is 11.5 Å². The Hall–Kier alpha value is -1.66. The van der Waals surface area contributed by atoms with E-state index < -0.39 is 17.6 Å². The van der Waals surface area contributed by atoms with E-state index in [9.17, 15) is 14.7 Å². The fourth-order valence-corrected chi connectivity index (χ4v) is 2.97. The predicted molar refractivity (Wildman–Crippen MR) is 87.7 cm³/mol. The SMILES string of the molecule is Cc1cc(C)c(C(=O)NC[C@H](O)COC2CCCCC2)c(=O)[nH]1. The maximum absolute atomic E-state index is 12.1. The molecule has 0 saturated heterocycles. The van der Waals surface area contributed by atoms with Gasteiger partial charge < -0.3 is 20.1 Å². The first kappa shape index (κ1) is 17.7. The molecule has 23 heavy (non-hydrogen) atoms. The van der Waals surface area contributed by atoms with E-state index >= 15 is 0 Å². The molecule has 0 spiro atoms. The van der Waals surface area contributed by atoms with E-state index in [1.54, 1.807) is 19.9 Å². The average molecular weight is 322 g/mol. The number of aliphatic hydroxyl groups is 1. The van der Waals surface area contributed by atoms with Gasteiger partial charge in [0.05, 0.1) is 18.8 Å². The Labute approximate surface area is 136 Å². The summed E-state index contributed by atoms with van der Waals surface area (Å²) in [6, 6.07) is 1.75. The number of hydrogen-bond donors (Lipinski definition) is 3. The van der Waals surface area contributed by atoms with Crippen molar-refractivity contribution in [1.82, 2.24) is 10.3 Å². The van der Waals surface area contributed by atoms with Crippen LogP contribution in [0.1, 0.15) is 53.7 Å². The first-order valence-corrected chi connectivity index (χ1v) is 8.25. The number of amides is 1. The van der Waals surface area contributed by atoms with Crippen molar-refractivity contribution in [3.8, 4) is 0 Å². The summed E-state index contributed by atoms with van der Waals surface area (Å²) in [5.74, 6) is -0.472. The fraction of sp³-hybridized carbons (Fsp3) is 0.647. The molecule has 0 bridgehead atoms. The minimum Gasteiger partial charge on any atom is -0.389 e. The average Bonchev–Trinajstić information content (AvgIpc) is 2.51. The normalized spacial score (nSPS) is 17.0. The summed E-state index contributed by atoms with van der Waals surface area (Å²) in [6.07, 6.45) is 5.12. The number of rotatable bonds is 6. The van der Waals surface area contributed by atoms with Crippen molar-refractivity contribution in [3.05, 3.63) is 33.2 Å². The highest BCUT2D eigenvalue weighted by molar-refractivity contribution is 5.95. The van der Waals surface area contributed by atoms with Gasteiger partial charge in [0.1, 0.15) is 5.56 Å². The van der Waals surface area contributed by atoms with E-state index in [4.69, 9.17) is 4.74 Å². The number of hydrogen-bond acceptors (Lipinski definition) is 4. The number of carbonyl (C=O) groups excluding carboxylic acids is 1. The highest BCUT2D eigenvalue weighted by atomic mass is 16.5. The van der Waals surface area contributed by atoms with Crippen molar-refractivity contribution < 1.29 is 14.6 Å². The van der Waals surface area contributed by atoms with Gasteiger partial charge in [-0.25, -0.2) is 0 Å². The lowest BCUT2D eigenvalue weighted by Crippen LogP contribution is -2.38. The number of ether oxygens (including phenoxy) is 1. The number of H-pyrrole nitrogens is 1. The summed E-state index contributed by atoms with van der Waals surface area (Å²) in [6.45, 7) is 3.76. The molecular formula is C17H26N2O4. The van der Waals surface area contributed by atoms with Crippen molar-refractivity contribution in [2.24, 2.45) is 0 Å². The van der Waals surface area contributed by atoms with Crippen molar-refractivity contribution in [1.29, 1.82) is 0 Å². The second-order valence-corrected chi connectivity index (χ2v) is 6.30. The van der Waals surface area contributed by atoms with Gasteiger partial charge in [-0.05, 0) is 38.3 Å². The van der Waals surface area contributed by atoms with Crippen molar-refractivity contribution in [2.75, 3.05) is 13.2 Å². The number of aryl methyl sites for hydroxylation is 2. The summed E-state index contributed by atoms with van der Waals surface area (Å²) < 4.78 is 5.68. The molecular weight excluding hydrogens is 296 g/mol. The number of aliphatic hydroxyl groups excluding tert-OH is 1. The van der Waals surface area contributed by atoms with E-state index in [2.05, 4.69) is 10.3 Å². The van der Waals surface area contributed by atoms with Gasteiger partial charge in [0, 0.05) is 12.2 Å². The second-order valence-electron chi connectivity index (χ2n) is 6.30. The molecule has 6 heteroatoms. The van der Waals surface area contributed by atoms with Crippen LogP contribution in [0, 0.1) is 13.8 Å². The largest absolute Gasteiger partial charge is 0.389 e. The van der Waals surface area contributed by atoms with Crippen LogP contribution in [0.25, 0.3) is 0 Å². The number of nitrogens with one attached hydrogen (secondary N) is 2. The van der Waals surface area contributed by atoms with Gasteiger partial charge >= 0.3 is 0 Å². The molecule has 6 nitrogen and oxygen atoms in total. The molecule has 3 N–H and O–H groups in total. The lowest BCUT2D eigenvalue weighted by Gasteiger charge is -2.23. The molecule has 1 fully saturated rings. The first-order valence-electron chi connectivity index (χ1n) is 8.25. The summed E-state index contributed by atoms with van der Waals surface area (Å²) in [5.41, 5.74) is 1.02. The van der Waals surface area contributed by atoms with Gasteiger partial charge in [-0.15, -0.1) is 0 Å². The van der Waals surface area contributed by atoms with Crippen LogP contribution in [0.5, 0.6) is 0 Å². The van der Waals surface area contributed by atoms with Crippen LogP contribution in [-0.2, 0) is 4.74 Å². The minimum absolute atomic E-state index is 0.0678. The summed E-state index contributed by atoms with van der Waals surface area (Å²) in [7, 11) is 0. The zero-order chi connectivity index (χ0) is 16.8. The summed E-state index contributed by atoms with van der Waals surface area (Å²) in [5, 5.41) is 12.5. The molecule has 1 heterocycles. The summed E-state index contributed by atoms with van der Waals surface area (Å²) in [4.78, 5) is 26.6. The van der Waals surface area contributed by atoms with Gasteiger partial charge in [-0.3, -0.25) is 9.59 Å². The van der Waals surface area contributed by atoms with E-state index in [0.29, 0.717) is 11.3 Å². The highest BCUT2D eigenvalue weighted by Gasteiger charge is 2.18. The van der Waals surface area contributed by atoms with Crippen molar-refractivity contribution in [2.45, 2.75) is 58.2 Å². The Morgan fingerprint density at radius 3 is 2.74 bits per heavy atom. The molecule has 0 aliphatic heterocycles. The number of aromatic amines is 1. The molecule has 1 atom stereocenters. The van der Waals surface area contributed by atoms with E-state index in [-0.39, 0.29) is 24.8 Å². The number of carbonyl (C=O) groups is 1. The van der Waals surface area contributed by atoms with Gasteiger partial charge in [-0.2, -0.15) is 0 Å². The Kier molecular flexibility index (Phi) is 6.36. The van der Waals surface area contributed by atoms with E-state index in [1.165, 1.54) is 19.3 Å². The smallest absolute Gasteiger partial charge is 0.261 e. The molecule has 1 saturated carbocycles. The van der Waals surface area contributed by atoms with Crippen LogP contribution in [-0.4, -0.2) is 41.4 Å². The van der Waals surface area contributed by atoms with Crippen molar-refractivity contribution in [3.63, 3.8) is 0 Å². The Bertz CT molecular complexity index is 591. The monoisotopic (exact) mass is 322 g/mol. The van der Waals surface area contributed by atoms with Crippen LogP contribution >= 0.6 is 0 Å². The molecule has 0 aromatic carbocycles. The van der Waals surface area contributed by atoms with Crippen molar-refractivity contribution >= 4 is 5.91 Å². The Morgan fingerprint density at radius 1 is 1.39 bits per heavy atom. The predicted octanol–water partition coefficient (Wildman–Crippen LogP) is 1.43. The lowest BCUT2D eigenvalue weighted by molar-refractivity contribution is -0.0225. The topological polar surface area (TPSA) is 91.4 Å². The number of aromatic nitrogens is 1. The van der Waals surface area contributed by atoms with Crippen LogP contribution in [0.4, 0.5) is 0 Å². The van der Waals surface area contributed by atoms with E-state index in [0.717, 1.165) is 12.8 Å². The van der Waals surface area contributed by atoms with Crippen LogP contribution in [0.3, 0.4) is 0 Å². The standard InChI is InChI=1S/C17H26N2O4/c1-11-8-12(2)19-17(22)15(11)16(21)18-9-13(20)10-23-14-6-4-3-5-7-14/h8,13-14,20H,3-7,9-10H2,1-2H3,(H,18,21)(H,19,22)/t13-/m0/s1. The summed E-state index contributed by atoms with van der Waals surface area (Å²) >= 11 is 0. The third-order valence-corrected chi connectivity index (χ3v) is 4.17. The first-order chi connectivity index (χ1) is 11.0. The van der Waals surface area contributed by atoms with Crippen LogP contribution < -0.4 is 10.9 Å². The lowest BCUT2D eigenvalue weighted by atomic mass is 9.98. The molecule has 128 valence electrons. The zero-order valence-corrected chi connectivity index (χ0v) is 13.9. The van der Waals surface area contributed by atoms with Crippen LogP contribution in [0.2, 0.25) is 0 Å². The van der Waals surface area contributed by atoms with Gasteiger partial charge in [-0.1, -0.05) is 19.3 Å². The molecule has 0 unspecified atom stereocenters. The third kappa shape index (κ3) is 5.18. The maximum Gasteiger partial charge on any atom is 0.261 e. The third-order valence-electron chi connectivity index (χ3n) is 4.17. The number of pyridine rings is 1. The zero-order valence-electron chi connectivity index (χ0n) is 13.9. The fourth-order valence-electron chi connectivity index (χ4n) is 2.97. The molecule has 1 aliphatic carbocycles. The van der Waals surface area contributed by atoms with E-state index in [1.807, 2.05) is 0 Å². The highest BCUT2D eigenvalue weighted by Crippen LogP contribution is 2.20. The molecule has 1 aliphatic rings. The van der Waals surface area contributed by atoms with Gasteiger partial charge in [0.15, 0.2) is 0 Å². The second kappa shape index (κ2) is 8.26. The molecule has 0 radical (unpaired) electrons. The minimum atomic E-state index is -0.772.